The zero-order valence-electron chi connectivity index (χ0n) is 11.3. The van der Waals surface area contributed by atoms with E-state index in [4.69, 9.17) is 4.74 Å². The van der Waals surface area contributed by atoms with Crippen molar-refractivity contribution in [2.75, 3.05) is 18.7 Å². The Bertz CT molecular complexity index is 400. The van der Waals surface area contributed by atoms with Crippen LogP contribution >= 0.6 is 11.8 Å². The van der Waals surface area contributed by atoms with Gasteiger partial charge in [-0.2, -0.15) is 16.7 Å². The van der Waals surface area contributed by atoms with Gasteiger partial charge in [0.1, 0.15) is 11.6 Å². The van der Waals surface area contributed by atoms with Crippen LogP contribution in [0.5, 0.6) is 5.88 Å². The highest BCUT2D eigenvalue weighted by Gasteiger charge is 2.21. The molecule has 2 unspecified atom stereocenters. The van der Waals surface area contributed by atoms with Crippen molar-refractivity contribution < 1.29 is 4.74 Å². The van der Waals surface area contributed by atoms with Crippen molar-refractivity contribution in [3.63, 3.8) is 0 Å². The van der Waals surface area contributed by atoms with E-state index in [1.54, 1.807) is 7.11 Å². The molecule has 100 valence electrons. The number of nitrogens with zero attached hydrogens (tertiary/aromatic N) is 2. The van der Waals surface area contributed by atoms with Crippen molar-refractivity contribution in [2.24, 2.45) is 0 Å². The average Bonchev–Trinajstić information content (AvgIpc) is 2.38. The number of anilines is 1. The smallest absolute Gasteiger partial charge is 0.218 e. The van der Waals surface area contributed by atoms with Gasteiger partial charge in [0.15, 0.2) is 0 Å². The number of ether oxygens (including phenoxy) is 1. The van der Waals surface area contributed by atoms with Crippen LogP contribution in [0.4, 0.5) is 5.82 Å². The molecule has 1 heterocycles. The zero-order valence-corrected chi connectivity index (χ0v) is 12.1. The second kappa shape index (κ2) is 6.27. The summed E-state index contributed by atoms with van der Waals surface area (Å²) in [5.41, 5.74) is 0. The topological polar surface area (TPSA) is 47.0 Å². The molecule has 1 aliphatic carbocycles. The lowest BCUT2D eigenvalue weighted by Crippen LogP contribution is -2.29. The van der Waals surface area contributed by atoms with Crippen LogP contribution in [0.25, 0.3) is 0 Å². The van der Waals surface area contributed by atoms with E-state index in [2.05, 4.69) is 21.5 Å². The van der Waals surface area contributed by atoms with E-state index in [9.17, 15) is 0 Å². The predicted octanol–water partition coefficient (Wildman–Crippen LogP) is 2.88. The molecule has 0 aromatic carbocycles. The van der Waals surface area contributed by atoms with Crippen molar-refractivity contribution in [3.8, 4) is 5.88 Å². The van der Waals surface area contributed by atoms with Gasteiger partial charge < -0.3 is 10.1 Å². The number of thioether (sulfide) groups is 1. The van der Waals surface area contributed by atoms with Crippen LogP contribution in [0.3, 0.4) is 0 Å². The molecule has 0 spiro atoms. The maximum Gasteiger partial charge on any atom is 0.218 e. The number of aryl methyl sites for hydroxylation is 1. The molecule has 1 N–H and O–H groups in total. The summed E-state index contributed by atoms with van der Waals surface area (Å²) in [6, 6.07) is 2.39. The van der Waals surface area contributed by atoms with Crippen molar-refractivity contribution in [1.29, 1.82) is 0 Å². The Morgan fingerprint density at radius 3 is 2.94 bits per heavy atom. The second-order valence-electron chi connectivity index (χ2n) is 4.71. The van der Waals surface area contributed by atoms with Gasteiger partial charge in [0.2, 0.25) is 5.88 Å². The summed E-state index contributed by atoms with van der Waals surface area (Å²) >= 11 is 1.97. The normalized spacial score (nSPS) is 23.7. The van der Waals surface area contributed by atoms with Crippen LogP contribution < -0.4 is 10.1 Å². The van der Waals surface area contributed by atoms with Crippen LogP contribution in [0.15, 0.2) is 6.07 Å². The number of rotatable bonds is 4. The minimum absolute atomic E-state index is 0.523. The zero-order chi connectivity index (χ0) is 13.0. The SMILES string of the molecule is COc1cc(NC2CCCC(SC)C2)nc(C)n1. The first kappa shape index (κ1) is 13.5. The average molecular weight is 267 g/mol. The lowest BCUT2D eigenvalue weighted by atomic mass is 9.95. The summed E-state index contributed by atoms with van der Waals surface area (Å²) in [6.07, 6.45) is 7.27. The Balaban J connectivity index is 2.02. The first-order valence-electron chi connectivity index (χ1n) is 6.40. The summed E-state index contributed by atoms with van der Waals surface area (Å²) < 4.78 is 5.17. The molecule has 1 aromatic rings. The standard InChI is InChI=1S/C13H21N3OS/c1-9-14-12(8-13(15-9)17-2)16-10-5-4-6-11(7-10)18-3/h8,10-11H,4-7H2,1-3H3,(H,14,15,16). The van der Waals surface area contributed by atoms with Crippen LogP contribution in [0, 0.1) is 6.92 Å². The van der Waals surface area contributed by atoms with Crippen LogP contribution in [-0.4, -0.2) is 34.6 Å². The molecule has 1 aromatic heterocycles. The predicted molar refractivity (Wildman–Crippen MR) is 76.5 cm³/mol. The molecule has 0 radical (unpaired) electrons. The molecule has 0 saturated heterocycles. The van der Waals surface area contributed by atoms with E-state index < -0.39 is 0 Å². The fourth-order valence-electron chi connectivity index (χ4n) is 2.42. The summed E-state index contributed by atoms with van der Waals surface area (Å²) in [6.45, 7) is 1.89. The molecular formula is C13H21N3OS. The highest BCUT2D eigenvalue weighted by Crippen LogP contribution is 2.28. The Morgan fingerprint density at radius 2 is 2.22 bits per heavy atom. The van der Waals surface area contributed by atoms with Crippen LogP contribution in [-0.2, 0) is 0 Å². The van der Waals surface area contributed by atoms with Crippen molar-refractivity contribution in [1.82, 2.24) is 9.97 Å². The molecule has 1 fully saturated rings. The monoisotopic (exact) mass is 267 g/mol. The molecule has 2 rings (SSSR count). The van der Waals surface area contributed by atoms with Gasteiger partial charge in [-0.15, -0.1) is 0 Å². The number of nitrogens with one attached hydrogen (secondary N) is 1. The summed E-state index contributed by atoms with van der Waals surface area (Å²) in [4.78, 5) is 8.62. The highest BCUT2D eigenvalue weighted by atomic mass is 32.2. The van der Waals surface area contributed by atoms with Crippen molar-refractivity contribution >= 4 is 17.6 Å². The molecule has 1 aliphatic rings. The summed E-state index contributed by atoms with van der Waals surface area (Å²) in [5.74, 6) is 2.25. The third-order valence-electron chi connectivity index (χ3n) is 3.34. The van der Waals surface area contributed by atoms with Gasteiger partial charge >= 0.3 is 0 Å². The summed E-state index contributed by atoms with van der Waals surface area (Å²) in [7, 11) is 1.63. The van der Waals surface area contributed by atoms with Crippen molar-refractivity contribution in [3.05, 3.63) is 11.9 Å². The first-order valence-corrected chi connectivity index (χ1v) is 7.69. The largest absolute Gasteiger partial charge is 0.481 e. The number of hydrogen-bond acceptors (Lipinski definition) is 5. The van der Waals surface area contributed by atoms with Crippen molar-refractivity contribution in [2.45, 2.75) is 43.9 Å². The second-order valence-corrected chi connectivity index (χ2v) is 5.85. The molecule has 1 saturated carbocycles. The van der Waals surface area contributed by atoms with E-state index in [-0.39, 0.29) is 0 Å². The fourth-order valence-corrected chi connectivity index (χ4v) is 3.25. The van der Waals surface area contributed by atoms with E-state index in [0.29, 0.717) is 11.9 Å². The molecule has 4 nitrogen and oxygen atoms in total. The molecule has 5 heteroatoms. The number of methoxy groups -OCH3 is 1. The Labute approximate surface area is 113 Å². The maximum absolute atomic E-state index is 5.17. The third-order valence-corrected chi connectivity index (χ3v) is 4.43. The van der Waals surface area contributed by atoms with E-state index >= 15 is 0 Å². The number of hydrogen-bond donors (Lipinski definition) is 1. The highest BCUT2D eigenvalue weighted by molar-refractivity contribution is 7.99. The maximum atomic E-state index is 5.17. The molecule has 2 atom stereocenters. The van der Waals surface area contributed by atoms with Gasteiger partial charge in [0.25, 0.3) is 0 Å². The minimum Gasteiger partial charge on any atom is -0.481 e. The fraction of sp³-hybridized carbons (Fsp3) is 0.692. The van der Waals surface area contributed by atoms with Gasteiger partial charge in [0.05, 0.1) is 7.11 Å². The number of aromatic nitrogens is 2. The van der Waals surface area contributed by atoms with E-state index in [1.807, 2.05) is 24.8 Å². The van der Waals surface area contributed by atoms with Gasteiger partial charge in [-0.05, 0) is 32.4 Å². The quantitative estimate of drug-likeness (QED) is 0.909. The van der Waals surface area contributed by atoms with E-state index in [0.717, 1.165) is 16.9 Å². The molecule has 0 amide bonds. The lowest BCUT2D eigenvalue weighted by Gasteiger charge is -2.29. The van der Waals surface area contributed by atoms with Crippen LogP contribution in [0.1, 0.15) is 31.5 Å². The van der Waals surface area contributed by atoms with Gasteiger partial charge in [0, 0.05) is 17.4 Å². The van der Waals surface area contributed by atoms with Crippen LogP contribution in [0.2, 0.25) is 0 Å². The third kappa shape index (κ3) is 3.51. The summed E-state index contributed by atoms with van der Waals surface area (Å²) in [5, 5.41) is 4.30. The molecule has 18 heavy (non-hydrogen) atoms. The van der Waals surface area contributed by atoms with Gasteiger partial charge in [-0.1, -0.05) is 6.42 Å². The van der Waals surface area contributed by atoms with E-state index in [1.165, 1.54) is 25.7 Å². The molecule has 0 bridgehead atoms. The Hall–Kier alpha value is -0.970. The minimum atomic E-state index is 0.523. The van der Waals surface area contributed by atoms with Gasteiger partial charge in [-0.3, -0.25) is 0 Å². The lowest BCUT2D eigenvalue weighted by molar-refractivity contribution is 0.395. The first-order chi connectivity index (χ1) is 8.71. The molecular weight excluding hydrogens is 246 g/mol. The Kier molecular flexibility index (Phi) is 4.69. The Morgan fingerprint density at radius 1 is 1.39 bits per heavy atom. The van der Waals surface area contributed by atoms with Gasteiger partial charge in [-0.25, -0.2) is 4.98 Å². The molecule has 0 aliphatic heterocycles.